The van der Waals surface area contributed by atoms with Gasteiger partial charge in [0.1, 0.15) is 5.82 Å². The third-order valence-corrected chi connectivity index (χ3v) is 3.89. The van der Waals surface area contributed by atoms with Crippen LogP contribution in [0.1, 0.15) is 38.2 Å². The molecule has 1 fully saturated rings. The van der Waals surface area contributed by atoms with E-state index in [1.54, 1.807) is 6.07 Å². The fraction of sp³-hybridized carbons (Fsp3) is 0.571. The predicted octanol–water partition coefficient (Wildman–Crippen LogP) is 4.26. The third kappa shape index (κ3) is 4.07. The summed E-state index contributed by atoms with van der Waals surface area (Å²) < 4.78 is 14.5. The Labute approximate surface area is 111 Å². The van der Waals surface area contributed by atoms with Crippen molar-refractivity contribution in [1.29, 1.82) is 0 Å². The van der Waals surface area contributed by atoms with Gasteiger partial charge in [0.05, 0.1) is 0 Å². The Morgan fingerprint density at radius 1 is 1.47 bits per heavy atom. The van der Waals surface area contributed by atoms with Crippen LogP contribution in [0.2, 0.25) is 0 Å². The monoisotopic (exact) mass is 299 g/mol. The molecule has 0 radical (unpaired) electrons. The number of hydrogen-bond acceptors (Lipinski definition) is 1. The molecule has 0 spiro atoms. The van der Waals surface area contributed by atoms with Gasteiger partial charge in [-0.25, -0.2) is 4.39 Å². The second-order valence-corrected chi connectivity index (χ2v) is 5.82. The molecule has 0 amide bonds. The zero-order valence-corrected chi connectivity index (χ0v) is 11.8. The Kier molecular flexibility index (Phi) is 4.57. The topological polar surface area (TPSA) is 12.0 Å². The lowest BCUT2D eigenvalue weighted by molar-refractivity contribution is 0.439. The summed E-state index contributed by atoms with van der Waals surface area (Å²) in [5.41, 5.74) is 0.744. The highest BCUT2D eigenvalue weighted by Crippen LogP contribution is 2.34. The van der Waals surface area contributed by atoms with E-state index in [1.807, 2.05) is 6.07 Å². The molecule has 1 aliphatic carbocycles. The second-order valence-electron chi connectivity index (χ2n) is 4.90. The second kappa shape index (κ2) is 5.96. The van der Waals surface area contributed by atoms with Gasteiger partial charge < -0.3 is 5.32 Å². The van der Waals surface area contributed by atoms with Gasteiger partial charge in [0.25, 0.3) is 0 Å². The summed E-state index contributed by atoms with van der Waals surface area (Å²) in [7, 11) is 0. The molecule has 0 aromatic heterocycles. The van der Waals surface area contributed by atoms with Crippen LogP contribution in [-0.4, -0.2) is 6.04 Å². The van der Waals surface area contributed by atoms with E-state index in [-0.39, 0.29) is 5.82 Å². The van der Waals surface area contributed by atoms with Crippen molar-refractivity contribution in [3.8, 4) is 0 Å². The van der Waals surface area contributed by atoms with Crippen LogP contribution in [0.25, 0.3) is 0 Å². The smallest absolute Gasteiger partial charge is 0.127 e. The van der Waals surface area contributed by atoms with E-state index in [2.05, 4.69) is 28.2 Å². The quantitative estimate of drug-likeness (QED) is 0.828. The molecule has 17 heavy (non-hydrogen) atoms. The molecule has 1 unspecified atom stereocenters. The fourth-order valence-corrected chi connectivity index (χ4v) is 2.49. The Balaban J connectivity index is 1.88. The van der Waals surface area contributed by atoms with E-state index in [1.165, 1.54) is 25.3 Å². The molecular weight excluding hydrogens is 281 g/mol. The summed E-state index contributed by atoms with van der Waals surface area (Å²) in [6, 6.07) is 5.64. The van der Waals surface area contributed by atoms with Crippen LogP contribution in [0.5, 0.6) is 0 Å². The lowest BCUT2D eigenvalue weighted by Crippen LogP contribution is -2.28. The maximum atomic E-state index is 13.5. The molecule has 1 nitrogen and oxygen atoms in total. The first kappa shape index (κ1) is 13.0. The first-order chi connectivity index (χ1) is 8.19. The van der Waals surface area contributed by atoms with Gasteiger partial charge >= 0.3 is 0 Å². The molecule has 1 saturated carbocycles. The number of nitrogens with one attached hydrogen (secondary N) is 1. The highest BCUT2D eigenvalue weighted by molar-refractivity contribution is 9.10. The van der Waals surface area contributed by atoms with Crippen molar-refractivity contribution in [2.24, 2.45) is 5.92 Å². The van der Waals surface area contributed by atoms with Crippen molar-refractivity contribution >= 4 is 15.9 Å². The highest BCUT2D eigenvalue weighted by atomic mass is 79.9. The summed E-state index contributed by atoms with van der Waals surface area (Å²) in [4.78, 5) is 0. The van der Waals surface area contributed by atoms with Gasteiger partial charge in [0.15, 0.2) is 0 Å². The number of halogens is 2. The maximum absolute atomic E-state index is 13.5. The molecule has 2 rings (SSSR count). The Hall–Kier alpha value is -0.410. The van der Waals surface area contributed by atoms with Crippen LogP contribution in [0.15, 0.2) is 22.7 Å². The van der Waals surface area contributed by atoms with Crippen molar-refractivity contribution in [1.82, 2.24) is 5.32 Å². The molecule has 94 valence electrons. The zero-order chi connectivity index (χ0) is 12.3. The average Bonchev–Trinajstić information content (AvgIpc) is 3.12. The highest BCUT2D eigenvalue weighted by Gasteiger charge is 2.24. The van der Waals surface area contributed by atoms with Gasteiger partial charge in [-0.1, -0.05) is 35.7 Å². The molecule has 0 aliphatic heterocycles. The SMILES string of the molecule is CCC(CC1CC1)NCc1cc(Br)ccc1F. The minimum Gasteiger partial charge on any atom is -0.310 e. The van der Waals surface area contributed by atoms with E-state index >= 15 is 0 Å². The summed E-state index contributed by atoms with van der Waals surface area (Å²) in [6.07, 6.45) is 5.12. The number of benzene rings is 1. The molecule has 1 aromatic carbocycles. The lowest BCUT2D eigenvalue weighted by atomic mass is 10.1. The first-order valence-corrected chi connectivity index (χ1v) is 7.15. The van der Waals surface area contributed by atoms with E-state index in [4.69, 9.17) is 0 Å². The van der Waals surface area contributed by atoms with Crippen molar-refractivity contribution in [2.75, 3.05) is 0 Å². The van der Waals surface area contributed by atoms with E-state index in [0.29, 0.717) is 12.6 Å². The Morgan fingerprint density at radius 2 is 2.24 bits per heavy atom. The zero-order valence-electron chi connectivity index (χ0n) is 10.2. The molecule has 1 aliphatic rings. The molecular formula is C14H19BrFN. The Bertz CT molecular complexity index is 376. The van der Waals surface area contributed by atoms with Gasteiger partial charge in [0, 0.05) is 22.6 Å². The minimum atomic E-state index is -0.123. The Morgan fingerprint density at radius 3 is 2.88 bits per heavy atom. The van der Waals surface area contributed by atoms with Gasteiger partial charge in [-0.3, -0.25) is 0 Å². The summed E-state index contributed by atoms with van der Waals surface area (Å²) in [5.74, 6) is 0.793. The van der Waals surface area contributed by atoms with Crippen molar-refractivity contribution in [3.05, 3.63) is 34.1 Å². The molecule has 1 N–H and O–H groups in total. The van der Waals surface area contributed by atoms with Crippen LogP contribution in [-0.2, 0) is 6.54 Å². The lowest BCUT2D eigenvalue weighted by Gasteiger charge is -2.17. The summed E-state index contributed by atoms with van der Waals surface area (Å²) in [6.45, 7) is 2.81. The van der Waals surface area contributed by atoms with Crippen LogP contribution in [0.3, 0.4) is 0 Å². The van der Waals surface area contributed by atoms with Gasteiger partial charge in [-0.05, 0) is 37.0 Å². The average molecular weight is 300 g/mol. The number of hydrogen-bond donors (Lipinski definition) is 1. The van der Waals surface area contributed by atoms with Crippen LogP contribution in [0, 0.1) is 11.7 Å². The van der Waals surface area contributed by atoms with E-state index in [9.17, 15) is 4.39 Å². The van der Waals surface area contributed by atoms with Crippen molar-refractivity contribution in [3.63, 3.8) is 0 Å². The number of rotatable bonds is 6. The van der Waals surface area contributed by atoms with Gasteiger partial charge in [-0.15, -0.1) is 0 Å². The van der Waals surface area contributed by atoms with Crippen LogP contribution < -0.4 is 5.32 Å². The predicted molar refractivity (Wildman–Crippen MR) is 72.4 cm³/mol. The standard InChI is InChI=1S/C14H19BrFN/c1-2-13(7-10-3-4-10)17-9-11-8-12(15)5-6-14(11)16/h5-6,8,10,13,17H,2-4,7,9H2,1H3. The molecule has 0 heterocycles. The molecule has 3 heteroatoms. The van der Waals surface area contributed by atoms with Crippen LogP contribution >= 0.6 is 15.9 Å². The molecule has 0 bridgehead atoms. The fourth-order valence-electron chi connectivity index (χ4n) is 2.08. The maximum Gasteiger partial charge on any atom is 0.127 e. The molecule has 0 saturated heterocycles. The van der Waals surface area contributed by atoms with E-state index < -0.39 is 0 Å². The van der Waals surface area contributed by atoms with Crippen molar-refractivity contribution < 1.29 is 4.39 Å². The molecule has 1 aromatic rings. The van der Waals surface area contributed by atoms with E-state index in [0.717, 1.165) is 22.4 Å². The normalized spacial score (nSPS) is 17.1. The largest absolute Gasteiger partial charge is 0.310 e. The van der Waals surface area contributed by atoms with Gasteiger partial charge in [0.2, 0.25) is 0 Å². The van der Waals surface area contributed by atoms with Crippen molar-refractivity contribution in [2.45, 2.75) is 45.2 Å². The first-order valence-electron chi connectivity index (χ1n) is 6.36. The van der Waals surface area contributed by atoms with Crippen LogP contribution in [0.4, 0.5) is 4.39 Å². The molecule has 1 atom stereocenters. The summed E-state index contributed by atoms with van der Waals surface area (Å²) in [5, 5.41) is 3.46. The summed E-state index contributed by atoms with van der Waals surface area (Å²) >= 11 is 3.38. The van der Waals surface area contributed by atoms with Gasteiger partial charge in [-0.2, -0.15) is 0 Å². The minimum absolute atomic E-state index is 0.123. The third-order valence-electron chi connectivity index (χ3n) is 3.40.